The minimum absolute atomic E-state index is 0.0579. The number of hydrogen-bond acceptors (Lipinski definition) is 3. The second-order valence-corrected chi connectivity index (χ2v) is 7.05. The van der Waals surface area contributed by atoms with E-state index in [2.05, 4.69) is 29.4 Å². The fraction of sp³-hybridized carbons (Fsp3) is 0.474. The zero-order valence-electron chi connectivity index (χ0n) is 15.0. The molecule has 0 spiro atoms. The van der Waals surface area contributed by atoms with Crippen molar-refractivity contribution < 1.29 is 4.74 Å². The van der Waals surface area contributed by atoms with Crippen LogP contribution < -0.4 is 10.9 Å². The summed E-state index contributed by atoms with van der Waals surface area (Å²) in [5.74, 6) is 0. The van der Waals surface area contributed by atoms with Crippen LogP contribution in [0.1, 0.15) is 29.5 Å². The maximum atomic E-state index is 12.6. The summed E-state index contributed by atoms with van der Waals surface area (Å²) in [6.07, 6.45) is 2.30. The minimum atomic E-state index is -0.0579. The molecule has 1 atom stereocenters. The Labute approximate surface area is 153 Å². The van der Waals surface area contributed by atoms with E-state index in [1.54, 1.807) is 0 Å². The van der Waals surface area contributed by atoms with Gasteiger partial charge in [0.25, 0.3) is 5.56 Å². The van der Waals surface area contributed by atoms with Gasteiger partial charge in [-0.15, -0.1) is 0 Å². The predicted octanol–water partition coefficient (Wildman–Crippen LogP) is 2.63. The number of ether oxygens (including phenoxy) is 1. The molecule has 1 saturated heterocycles. The standard InChI is InChI=1S/C19H25N3O2S/c1-12-6-7-14-9-15(18(23)21-17(14)13(12)2)10-22(19(25)20-3)11-16-5-4-8-24-16/h6-7,9,16H,4-5,8,10-11H2,1-3H3,(H,20,25)(H,21,23)/t16-/m1/s1. The maximum absolute atomic E-state index is 12.6. The molecular formula is C19H25N3O2S. The molecule has 1 fully saturated rings. The van der Waals surface area contributed by atoms with E-state index in [0.717, 1.165) is 35.9 Å². The van der Waals surface area contributed by atoms with E-state index >= 15 is 0 Å². The van der Waals surface area contributed by atoms with Crippen molar-refractivity contribution >= 4 is 28.2 Å². The van der Waals surface area contributed by atoms with E-state index < -0.39 is 0 Å². The van der Waals surface area contributed by atoms with Gasteiger partial charge in [-0.1, -0.05) is 12.1 Å². The van der Waals surface area contributed by atoms with Gasteiger partial charge in [0.05, 0.1) is 18.2 Å². The smallest absolute Gasteiger partial charge is 0.253 e. The number of hydrogen-bond donors (Lipinski definition) is 2. The average Bonchev–Trinajstić information content (AvgIpc) is 3.11. The van der Waals surface area contributed by atoms with Gasteiger partial charge in [0, 0.05) is 25.8 Å². The number of fused-ring (bicyclic) bond motifs is 1. The molecular weight excluding hydrogens is 334 g/mol. The molecule has 1 aliphatic rings. The molecule has 5 nitrogen and oxygen atoms in total. The number of nitrogens with one attached hydrogen (secondary N) is 2. The van der Waals surface area contributed by atoms with Gasteiger partial charge in [0.2, 0.25) is 0 Å². The summed E-state index contributed by atoms with van der Waals surface area (Å²) in [5.41, 5.74) is 3.86. The van der Waals surface area contributed by atoms with Crippen molar-refractivity contribution in [2.24, 2.45) is 0 Å². The van der Waals surface area contributed by atoms with Crippen LogP contribution in [-0.2, 0) is 11.3 Å². The molecule has 1 aromatic heterocycles. The largest absolute Gasteiger partial charge is 0.376 e. The van der Waals surface area contributed by atoms with Crippen LogP contribution in [0.5, 0.6) is 0 Å². The Morgan fingerprint density at radius 1 is 1.44 bits per heavy atom. The topological polar surface area (TPSA) is 57.4 Å². The molecule has 3 rings (SSSR count). The third kappa shape index (κ3) is 3.85. The van der Waals surface area contributed by atoms with E-state index in [9.17, 15) is 4.79 Å². The van der Waals surface area contributed by atoms with Crippen molar-refractivity contribution in [2.45, 2.75) is 39.3 Å². The summed E-state index contributed by atoms with van der Waals surface area (Å²) in [7, 11) is 1.81. The van der Waals surface area contributed by atoms with Gasteiger partial charge >= 0.3 is 0 Å². The van der Waals surface area contributed by atoms with E-state index in [-0.39, 0.29) is 11.7 Å². The first-order valence-electron chi connectivity index (χ1n) is 8.70. The van der Waals surface area contributed by atoms with Gasteiger partial charge in [0.1, 0.15) is 0 Å². The normalized spacial score (nSPS) is 17.0. The molecule has 0 unspecified atom stereocenters. The van der Waals surface area contributed by atoms with Crippen LogP contribution in [0.3, 0.4) is 0 Å². The van der Waals surface area contributed by atoms with E-state index in [0.29, 0.717) is 23.8 Å². The van der Waals surface area contributed by atoms with Crippen LogP contribution >= 0.6 is 12.2 Å². The Morgan fingerprint density at radius 2 is 2.24 bits per heavy atom. The lowest BCUT2D eigenvalue weighted by molar-refractivity contribution is 0.0898. The summed E-state index contributed by atoms with van der Waals surface area (Å²) >= 11 is 5.43. The van der Waals surface area contributed by atoms with Crippen LogP contribution in [0.4, 0.5) is 0 Å². The van der Waals surface area contributed by atoms with Gasteiger partial charge in [-0.05, 0) is 61.5 Å². The Balaban J connectivity index is 1.90. The van der Waals surface area contributed by atoms with Crippen molar-refractivity contribution in [2.75, 3.05) is 20.2 Å². The highest BCUT2D eigenvalue weighted by molar-refractivity contribution is 7.80. The average molecular weight is 359 g/mol. The Kier molecular flexibility index (Phi) is 5.39. The second-order valence-electron chi connectivity index (χ2n) is 6.67. The molecule has 1 aliphatic heterocycles. The molecule has 0 radical (unpaired) electrons. The molecule has 134 valence electrons. The SMILES string of the molecule is CNC(=S)N(Cc1cc2ccc(C)c(C)c2[nH]c1=O)C[C@H]1CCCO1. The molecule has 2 N–H and O–H groups in total. The minimum Gasteiger partial charge on any atom is -0.376 e. The van der Waals surface area contributed by atoms with Crippen LogP contribution in [0.2, 0.25) is 0 Å². The van der Waals surface area contributed by atoms with Crippen molar-refractivity contribution in [1.82, 2.24) is 15.2 Å². The van der Waals surface area contributed by atoms with Crippen molar-refractivity contribution in [3.8, 4) is 0 Å². The second kappa shape index (κ2) is 7.54. The number of aromatic amines is 1. The molecule has 0 bridgehead atoms. The highest BCUT2D eigenvalue weighted by Crippen LogP contribution is 2.20. The number of benzene rings is 1. The molecule has 2 aromatic rings. The first kappa shape index (κ1) is 17.9. The monoisotopic (exact) mass is 359 g/mol. The first-order valence-corrected chi connectivity index (χ1v) is 9.11. The molecule has 0 aliphatic carbocycles. The van der Waals surface area contributed by atoms with E-state index in [1.807, 2.05) is 24.9 Å². The Morgan fingerprint density at radius 3 is 2.92 bits per heavy atom. The van der Waals surface area contributed by atoms with Gasteiger partial charge in [-0.25, -0.2) is 0 Å². The Hall–Kier alpha value is -1.92. The van der Waals surface area contributed by atoms with Crippen molar-refractivity contribution in [1.29, 1.82) is 0 Å². The molecule has 6 heteroatoms. The van der Waals surface area contributed by atoms with Crippen molar-refractivity contribution in [3.05, 3.63) is 45.2 Å². The van der Waals surface area contributed by atoms with E-state index in [1.165, 1.54) is 5.56 Å². The molecule has 1 aromatic carbocycles. The van der Waals surface area contributed by atoms with Crippen LogP contribution in [0.15, 0.2) is 23.0 Å². The van der Waals surface area contributed by atoms with Crippen molar-refractivity contribution in [3.63, 3.8) is 0 Å². The summed E-state index contributed by atoms with van der Waals surface area (Å²) < 4.78 is 5.73. The zero-order valence-corrected chi connectivity index (χ0v) is 15.8. The molecule has 0 amide bonds. The summed E-state index contributed by atoms with van der Waals surface area (Å²) in [5, 5.41) is 4.70. The number of aryl methyl sites for hydroxylation is 2. The third-order valence-electron chi connectivity index (χ3n) is 4.94. The molecule has 2 heterocycles. The van der Waals surface area contributed by atoms with Gasteiger partial charge in [-0.3, -0.25) is 4.79 Å². The summed E-state index contributed by atoms with van der Waals surface area (Å²) in [6, 6.07) is 6.11. The van der Waals surface area contributed by atoms with Crippen LogP contribution in [0, 0.1) is 13.8 Å². The quantitative estimate of drug-likeness (QED) is 0.822. The predicted molar refractivity (Wildman–Crippen MR) is 105 cm³/mol. The fourth-order valence-corrected chi connectivity index (χ4v) is 3.44. The third-order valence-corrected chi connectivity index (χ3v) is 5.40. The van der Waals surface area contributed by atoms with Crippen LogP contribution in [0.25, 0.3) is 10.9 Å². The number of thiocarbonyl (C=S) groups is 1. The van der Waals surface area contributed by atoms with E-state index in [4.69, 9.17) is 17.0 Å². The summed E-state index contributed by atoms with van der Waals surface area (Å²) in [6.45, 7) is 6.06. The maximum Gasteiger partial charge on any atom is 0.253 e. The summed E-state index contributed by atoms with van der Waals surface area (Å²) in [4.78, 5) is 17.7. The Bertz CT molecular complexity index is 840. The fourth-order valence-electron chi connectivity index (χ4n) is 3.30. The number of aromatic nitrogens is 1. The molecule has 25 heavy (non-hydrogen) atoms. The van der Waals surface area contributed by atoms with Gasteiger partial charge < -0.3 is 19.9 Å². The lowest BCUT2D eigenvalue weighted by Gasteiger charge is -2.27. The number of pyridine rings is 1. The number of nitrogens with zero attached hydrogens (tertiary/aromatic N) is 1. The number of rotatable bonds is 4. The lowest BCUT2D eigenvalue weighted by Crippen LogP contribution is -2.42. The zero-order chi connectivity index (χ0) is 18.0. The highest BCUT2D eigenvalue weighted by atomic mass is 32.1. The first-order chi connectivity index (χ1) is 12.0. The molecule has 0 saturated carbocycles. The lowest BCUT2D eigenvalue weighted by atomic mass is 10.0. The van der Waals surface area contributed by atoms with Crippen LogP contribution in [-0.4, -0.2) is 41.3 Å². The number of H-pyrrole nitrogens is 1. The van der Waals surface area contributed by atoms with Gasteiger partial charge in [-0.2, -0.15) is 0 Å². The highest BCUT2D eigenvalue weighted by Gasteiger charge is 2.21. The van der Waals surface area contributed by atoms with Gasteiger partial charge in [0.15, 0.2) is 5.11 Å².